The fourth-order valence-corrected chi connectivity index (χ4v) is 4.14. The number of fused-ring (bicyclic) bond motifs is 1. The molecule has 1 N–H and O–H groups in total. The molecule has 0 radical (unpaired) electrons. The van der Waals surface area contributed by atoms with Gasteiger partial charge in [-0.05, 0) is 75.2 Å². The number of halogens is 1. The summed E-state index contributed by atoms with van der Waals surface area (Å²) in [7, 11) is 0. The third-order valence-corrected chi connectivity index (χ3v) is 5.79. The van der Waals surface area contributed by atoms with E-state index in [9.17, 15) is 4.79 Å². The van der Waals surface area contributed by atoms with Gasteiger partial charge in [0, 0.05) is 28.0 Å². The molecular weight excluding hydrogens is 380 g/mol. The average molecular weight is 405 g/mol. The number of nitrogens with zero attached hydrogens (tertiary/aromatic N) is 1. The van der Waals surface area contributed by atoms with Crippen LogP contribution in [0.15, 0.2) is 66.7 Å². The highest BCUT2D eigenvalue weighted by molar-refractivity contribution is 6.30. The Balaban J connectivity index is 1.70. The molecule has 0 aliphatic carbocycles. The molecule has 3 aromatic carbocycles. The lowest BCUT2D eigenvalue weighted by Crippen LogP contribution is -2.44. The Labute approximate surface area is 177 Å². The van der Waals surface area contributed by atoms with Crippen LogP contribution in [0.1, 0.15) is 46.4 Å². The summed E-state index contributed by atoms with van der Waals surface area (Å²) < 4.78 is 0. The highest BCUT2D eigenvalue weighted by Crippen LogP contribution is 2.40. The Kier molecular flexibility index (Phi) is 5.33. The summed E-state index contributed by atoms with van der Waals surface area (Å²) in [4.78, 5) is 15.3. The minimum atomic E-state index is 0.00746. The lowest BCUT2D eigenvalue weighted by atomic mass is 9.89. The van der Waals surface area contributed by atoms with Gasteiger partial charge in [0.15, 0.2) is 0 Å². The number of aryl methyl sites for hydroxylation is 2. The van der Waals surface area contributed by atoms with Crippen molar-refractivity contribution in [1.29, 1.82) is 0 Å². The van der Waals surface area contributed by atoms with Gasteiger partial charge in [0.25, 0.3) is 5.91 Å². The Morgan fingerprint density at radius 2 is 1.62 bits per heavy atom. The Hall–Kier alpha value is -2.78. The summed E-state index contributed by atoms with van der Waals surface area (Å²) in [6, 6.07) is 22.1. The van der Waals surface area contributed by atoms with Gasteiger partial charge in [0.2, 0.25) is 0 Å². The molecule has 4 heteroatoms. The van der Waals surface area contributed by atoms with Gasteiger partial charge in [0.05, 0.1) is 6.04 Å². The number of anilines is 2. The Bertz CT molecular complexity index is 1030. The smallest absolute Gasteiger partial charge is 0.258 e. The third-order valence-electron chi connectivity index (χ3n) is 5.54. The maximum atomic E-state index is 13.3. The fraction of sp³-hybridized carbons (Fsp3) is 0.240. The van der Waals surface area contributed by atoms with Crippen LogP contribution in [0.5, 0.6) is 0 Å². The maximum absolute atomic E-state index is 13.3. The molecule has 4 rings (SSSR count). The van der Waals surface area contributed by atoms with Crippen LogP contribution in [0.25, 0.3) is 0 Å². The van der Waals surface area contributed by atoms with E-state index in [1.165, 1.54) is 11.1 Å². The van der Waals surface area contributed by atoms with Crippen molar-refractivity contribution in [1.82, 2.24) is 0 Å². The zero-order valence-corrected chi connectivity index (χ0v) is 17.7. The van der Waals surface area contributed by atoms with Gasteiger partial charge in [-0.1, -0.05) is 47.0 Å². The summed E-state index contributed by atoms with van der Waals surface area (Å²) >= 11 is 6.00. The van der Waals surface area contributed by atoms with E-state index >= 15 is 0 Å². The lowest BCUT2D eigenvalue weighted by Gasteiger charge is -2.40. The van der Waals surface area contributed by atoms with Crippen molar-refractivity contribution in [2.24, 2.45) is 0 Å². The van der Waals surface area contributed by atoms with E-state index in [-0.39, 0.29) is 18.0 Å². The molecule has 0 fully saturated rings. The number of carbonyl (C=O) groups is 1. The van der Waals surface area contributed by atoms with Crippen molar-refractivity contribution >= 4 is 28.9 Å². The second-order valence-electron chi connectivity index (χ2n) is 7.89. The minimum Gasteiger partial charge on any atom is -0.378 e. The van der Waals surface area contributed by atoms with Crippen LogP contribution < -0.4 is 10.2 Å². The molecule has 148 valence electrons. The van der Waals surface area contributed by atoms with Crippen molar-refractivity contribution in [3.05, 3.63) is 94.0 Å². The first kappa shape index (κ1) is 19.5. The van der Waals surface area contributed by atoms with E-state index < -0.39 is 0 Å². The predicted octanol–water partition coefficient (Wildman–Crippen LogP) is 6.55. The molecule has 29 heavy (non-hydrogen) atoms. The van der Waals surface area contributed by atoms with Crippen LogP contribution in [0.3, 0.4) is 0 Å². The average Bonchev–Trinajstić information content (AvgIpc) is 2.70. The number of rotatable bonds is 3. The number of benzene rings is 3. The highest BCUT2D eigenvalue weighted by Gasteiger charge is 2.34. The van der Waals surface area contributed by atoms with Crippen LogP contribution in [0.2, 0.25) is 5.02 Å². The quantitative estimate of drug-likeness (QED) is 0.536. The number of nitrogens with one attached hydrogen (secondary N) is 1. The standard InChI is InChI=1S/C25H25ClN2O/c1-16-4-11-21(12-5-16)27-23-15-18(3)28(24-13-6-17(2)14-22(23)24)25(29)19-7-9-20(26)10-8-19/h4-14,18,23,27H,15H2,1-3H3/t18-,23-/m0/s1. The second-order valence-corrected chi connectivity index (χ2v) is 8.33. The summed E-state index contributed by atoms with van der Waals surface area (Å²) in [5, 5.41) is 4.30. The van der Waals surface area contributed by atoms with E-state index in [1.807, 2.05) is 4.90 Å². The normalized spacial score (nSPS) is 18.3. The zero-order chi connectivity index (χ0) is 20.5. The van der Waals surface area contributed by atoms with Crippen LogP contribution in [-0.2, 0) is 0 Å². The number of hydrogen-bond donors (Lipinski definition) is 1. The van der Waals surface area contributed by atoms with E-state index in [0.717, 1.165) is 23.4 Å². The SMILES string of the molecule is Cc1ccc(N[C@H]2C[C@H](C)N(C(=O)c3ccc(Cl)cc3)c3ccc(C)cc32)cc1. The minimum absolute atomic E-state index is 0.00746. The summed E-state index contributed by atoms with van der Waals surface area (Å²) in [6.07, 6.45) is 0.837. The monoisotopic (exact) mass is 404 g/mol. The molecule has 0 aromatic heterocycles. The lowest BCUT2D eigenvalue weighted by molar-refractivity contribution is 0.0974. The fourth-order valence-electron chi connectivity index (χ4n) is 4.01. The molecule has 1 aliphatic rings. The summed E-state index contributed by atoms with van der Waals surface area (Å²) in [5.41, 5.74) is 6.30. The van der Waals surface area contributed by atoms with Gasteiger partial charge < -0.3 is 10.2 Å². The molecule has 0 unspecified atom stereocenters. The van der Waals surface area contributed by atoms with Crippen molar-refractivity contribution in [3.8, 4) is 0 Å². The van der Waals surface area contributed by atoms with E-state index in [0.29, 0.717) is 10.6 Å². The van der Waals surface area contributed by atoms with Crippen molar-refractivity contribution in [2.75, 3.05) is 10.2 Å². The molecule has 1 aliphatic heterocycles. The van der Waals surface area contributed by atoms with Crippen LogP contribution in [0, 0.1) is 13.8 Å². The molecule has 3 nitrogen and oxygen atoms in total. The van der Waals surface area contributed by atoms with Crippen molar-refractivity contribution in [2.45, 2.75) is 39.3 Å². The van der Waals surface area contributed by atoms with Crippen molar-refractivity contribution < 1.29 is 4.79 Å². The van der Waals surface area contributed by atoms with Gasteiger partial charge in [-0.15, -0.1) is 0 Å². The molecule has 3 aromatic rings. The number of amides is 1. The molecule has 0 spiro atoms. The van der Waals surface area contributed by atoms with E-state index in [4.69, 9.17) is 11.6 Å². The van der Waals surface area contributed by atoms with Crippen LogP contribution in [0.4, 0.5) is 11.4 Å². The molecule has 1 heterocycles. The molecule has 0 saturated heterocycles. The molecule has 1 amide bonds. The Morgan fingerprint density at radius 3 is 2.31 bits per heavy atom. The number of carbonyl (C=O) groups excluding carboxylic acids is 1. The molecule has 0 bridgehead atoms. The van der Waals surface area contributed by atoms with E-state index in [1.54, 1.807) is 24.3 Å². The zero-order valence-electron chi connectivity index (χ0n) is 16.9. The first-order chi connectivity index (χ1) is 13.9. The van der Waals surface area contributed by atoms with Gasteiger partial charge in [0.1, 0.15) is 0 Å². The first-order valence-electron chi connectivity index (χ1n) is 9.95. The van der Waals surface area contributed by atoms with E-state index in [2.05, 4.69) is 68.6 Å². The third kappa shape index (κ3) is 4.01. The predicted molar refractivity (Wildman–Crippen MR) is 121 cm³/mol. The second kappa shape index (κ2) is 7.92. The van der Waals surface area contributed by atoms with Crippen LogP contribution >= 0.6 is 11.6 Å². The summed E-state index contributed by atoms with van der Waals surface area (Å²) in [6.45, 7) is 6.29. The van der Waals surface area contributed by atoms with Gasteiger partial charge in [-0.25, -0.2) is 0 Å². The molecular formula is C25H25ClN2O. The summed E-state index contributed by atoms with van der Waals surface area (Å²) in [5.74, 6) is 0.00746. The Morgan fingerprint density at radius 1 is 0.966 bits per heavy atom. The highest BCUT2D eigenvalue weighted by atomic mass is 35.5. The number of hydrogen-bond acceptors (Lipinski definition) is 2. The first-order valence-corrected chi connectivity index (χ1v) is 10.3. The van der Waals surface area contributed by atoms with Crippen LogP contribution in [-0.4, -0.2) is 11.9 Å². The molecule has 2 atom stereocenters. The van der Waals surface area contributed by atoms with Gasteiger partial charge >= 0.3 is 0 Å². The van der Waals surface area contributed by atoms with Crippen molar-refractivity contribution in [3.63, 3.8) is 0 Å². The maximum Gasteiger partial charge on any atom is 0.258 e. The topological polar surface area (TPSA) is 32.3 Å². The molecule has 0 saturated carbocycles. The largest absolute Gasteiger partial charge is 0.378 e. The van der Waals surface area contributed by atoms with Gasteiger partial charge in [-0.2, -0.15) is 0 Å². The van der Waals surface area contributed by atoms with Gasteiger partial charge in [-0.3, -0.25) is 4.79 Å².